The zero-order valence-corrected chi connectivity index (χ0v) is 19.8. The molecule has 4 rings (SSSR count). The molecule has 0 spiro atoms. The lowest BCUT2D eigenvalue weighted by atomic mass is 9.96. The highest BCUT2D eigenvalue weighted by atomic mass is 32.1. The third kappa shape index (κ3) is 5.00. The maximum absolute atomic E-state index is 12.9. The Bertz CT molecular complexity index is 809. The van der Waals surface area contributed by atoms with Crippen molar-refractivity contribution in [3.8, 4) is 0 Å². The molecule has 0 saturated carbocycles. The normalized spacial score (nSPS) is 27.6. The number of likely N-dealkylation sites (N-methyl/N-ethyl adjacent to an activating group) is 1. The maximum atomic E-state index is 12.9. The van der Waals surface area contributed by atoms with Gasteiger partial charge in [0.05, 0.1) is 13.0 Å². The fourth-order valence-corrected chi connectivity index (χ4v) is 6.14. The third-order valence-corrected chi connectivity index (χ3v) is 8.22. The van der Waals surface area contributed by atoms with Gasteiger partial charge in [0.2, 0.25) is 11.8 Å². The number of ether oxygens (including phenoxy) is 1. The van der Waals surface area contributed by atoms with E-state index in [1.807, 2.05) is 4.90 Å². The number of hydrogen-bond acceptors (Lipinski definition) is 7. The number of methoxy groups -OCH3 is 1. The van der Waals surface area contributed by atoms with Gasteiger partial charge in [-0.1, -0.05) is 6.07 Å². The molecule has 8 nitrogen and oxygen atoms in total. The number of nitrogens with one attached hydrogen (secondary N) is 1. The summed E-state index contributed by atoms with van der Waals surface area (Å²) in [5.74, 6) is -0.0231. The zero-order chi connectivity index (χ0) is 22.7. The summed E-state index contributed by atoms with van der Waals surface area (Å²) in [6.07, 6.45) is 3.49. The summed E-state index contributed by atoms with van der Waals surface area (Å²) in [6.45, 7) is 3.51. The second kappa shape index (κ2) is 10.3. The number of carbonyl (C=O) groups is 3. The standard InChI is InChI=1S/C23H34N4O4S/c1-25-17(5-6-20(28)26-10-7-16(8-11-26)23(30)31-2)14-24-22(29)21-19(25)9-12-27(21)15-18-4-3-13-32-18/h3-4,13,16-17,19,21H,5-12,14-15H2,1-2H3,(H,24,29)/t17-,19+,21-/m0/s1. The smallest absolute Gasteiger partial charge is 0.308 e. The van der Waals surface area contributed by atoms with Crippen LogP contribution in [-0.4, -0.2) is 90.9 Å². The second-order valence-electron chi connectivity index (χ2n) is 9.13. The number of fused-ring (bicyclic) bond motifs is 1. The second-order valence-corrected chi connectivity index (χ2v) is 10.2. The Kier molecular flexibility index (Phi) is 7.48. The molecular formula is C23H34N4O4S. The average Bonchev–Trinajstić information content (AvgIpc) is 3.46. The summed E-state index contributed by atoms with van der Waals surface area (Å²) in [6, 6.07) is 4.36. The largest absolute Gasteiger partial charge is 0.469 e. The van der Waals surface area contributed by atoms with Crippen molar-refractivity contribution < 1.29 is 19.1 Å². The van der Waals surface area contributed by atoms with Crippen LogP contribution in [0.3, 0.4) is 0 Å². The lowest BCUT2D eigenvalue weighted by molar-refractivity contribution is -0.149. The minimum absolute atomic E-state index is 0.0938. The third-order valence-electron chi connectivity index (χ3n) is 7.36. The number of amides is 2. The summed E-state index contributed by atoms with van der Waals surface area (Å²) in [5, 5.41) is 5.22. The van der Waals surface area contributed by atoms with Crippen LogP contribution in [0, 0.1) is 5.92 Å². The monoisotopic (exact) mass is 462 g/mol. The Morgan fingerprint density at radius 2 is 2.00 bits per heavy atom. The van der Waals surface area contributed by atoms with Gasteiger partial charge in [0.25, 0.3) is 0 Å². The molecule has 3 fully saturated rings. The van der Waals surface area contributed by atoms with Crippen molar-refractivity contribution in [2.45, 2.75) is 56.8 Å². The minimum Gasteiger partial charge on any atom is -0.469 e. The Morgan fingerprint density at radius 3 is 2.69 bits per heavy atom. The van der Waals surface area contributed by atoms with Crippen molar-refractivity contribution in [3.63, 3.8) is 0 Å². The lowest BCUT2D eigenvalue weighted by Crippen LogP contribution is -2.49. The first kappa shape index (κ1) is 23.2. The molecule has 0 bridgehead atoms. The van der Waals surface area contributed by atoms with Gasteiger partial charge in [-0.3, -0.25) is 24.2 Å². The average molecular weight is 463 g/mol. The number of piperidine rings is 1. The van der Waals surface area contributed by atoms with Gasteiger partial charge in [-0.25, -0.2) is 0 Å². The molecule has 9 heteroatoms. The molecular weight excluding hydrogens is 428 g/mol. The highest BCUT2D eigenvalue weighted by Gasteiger charge is 2.45. The molecule has 2 amide bonds. The molecule has 32 heavy (non-hydrogen) atoms. The molecule has 4 heterocycles. The number of thiophene rings is 1. The van der Waals surface area contributed by atoms with Crippen LogP contribution < -0.4 is 5.32 Å². The van der Waals surface area contributed by atoms with Crippen molar-refractivity contribution in [2.24, 2.45) is 5.92 Å². The summed E-state index contributed by atoms with van der Waals surface area (Å²) in [5.41, 5.74) is 0. The zero-order valence-electron chi connectivity index (χ0n) is 19.0. The summed E-state index contributed by atoms with van der Waals surface area (Å²) in [7, 11) is 3.52. The number of esters is 1. The van der Waals surface area contributed by atoms with E-state index in [9.17, 15) is 14.4 Å². The highest BCUT2D eigenvalue weighted by molar-refractivity contribution is 7.09. The van der Waals surface area contributed by atoms with E-state index in [4.69, 9.17) is 4.74 Å². The van der Waals surface area contributed by atoms with Crippen LogP contribution in [0.25, 0.3) is 0 Å². The van der Waals surface area contributed by atoms with Crippen LogP contribution in [0.1, 0.15) is 37.0 Å². The minimum atomic E-state index is -0.174. The first-order chi connectivity index (χ1) is 15.5. The SMILES string of the molecule is COC(=O)C1CCN(C(=O)CC[C@H]2CNC(=O)[C@@H]3[C@@H](CCN3Cc3cccs3)N2C)CC1. The first-order valence-electron chi connectivity index (χ1n) is 11.6. The van der Waals surface area contributed by atoms with E-state index < -0.39 is 0 Å². The van der Waals surface area contributed by atoms with Crippen LogP contribution in [0.4, 0.5) is 0 Å². The number of rotatable bonds is 6. The molecule has 176 valence electrons. The van der Waals surface area contributed by atoms with Crippen LogP contribution >= 0.6 is 11.3 Å². The molecule has 3 aliphatic heterocycles. The van der Waals surface area contributed by atoms with E-state index in [0.29, 0.717) is 38.9 Å². The van der Waals surface area contributed by atoms with Gasteiger partial charge in [-0.2, -0.15) is 0 Å². The Hall–Kier alpha value is -1.97. The predicted octanol–water partition coefficient (Wildman–Crippen LogP) is 1.31. The molecule has 0 aromatic carbocycles. The number of hydrogen-bond donors (Lipinski definition) is 1. The van der Waals surface area contributed by atoms with Crippen molar-refractivity contribution in [1.29, 1.82) is 0 Å². The molecule has 3 aliphatic rings. The fraction of sp³-hybridized carbons (Fsp3) is 0.696. The van der Waals surface area contributed by atoms with Gasteiger partial charge in [0, 0.05) is 56.1 Å². The highest BCUT2D eigenvalue weighted by Crippen LogP contribution is 2.29. The molecule has 1 N–H and O–H groups in total. The van der Waals surface area contributed by atoms with E-state index in [0.717, 1.165) is 25.9 Å². The fourth-order valence-electron chi connectivity index (χ4n) is 5.41. The molecule has 1 aromatic heterocycles. The van der Waals surface area contributed by atoms with E-state index in [1.54, 1.807) is 11.3 Å². The van der Waals surface area contributed by atoms with E-state index in [1.165, 1.54) is 12.0 Å². The summed E-state index contributed by atoms with van der Waals surface area (Å²) < 4.78 is 4.83. The number of carbonyl (C=O) groups excluding carboxylic acids is 3. The van der Waals surface area contributed by atoms with E-state index in [-0.39, 0.29) is 41.8 Å². The van der Waals surface area contributed by atoms with Gasteiger partial charge in [0.15, 0.2) is 0 Å². The van der Waals surface area contributed by atoms with Crippen LogP contribution in [-0.2, 0) is 25.7 Å². The van der Waals surface area contributed by atoms with Gasteiger partial charge < -0.3 is 15.0 Å². The van der Waals surface area contributed by atoms with E-state index in [2.05, 4.69) is 39.7 Å². The molecule has 3 atom stereocenters. The molecule has 0 unspecified atom stereocenters. The summed E-state index contributed by atoms with van der Waals surface area (Å²) >= 11 is 1.73. The quantitative estimate of drug-likeness (QED) is 0.642. The van der Waals surface area contributed by atoms with Gasteiger partial charge in [-0.05, 0) is 44.2 Å². The molecule has 0 aliphatic carbocycles. The predicted molar refractivity (Wildman–Crippen MR) is 122 cm³/mol. The lowest BCUT2D eigenvalue weighted by Gasteiger charge is -2.34. The summed E-state index contributed by atoms with van der Waals surface area (Å²) in [4.78, 5) is 45.2. The van der Waals surface area contributed by atoms with Gasteiger partial charge in [-0.15, -0.1) is 11.3 Å². The Labute approximate surface area is 193 Å². The first-order valence-corrected chi connectivity index (χ1v) is 12.5. The Morgan fingerprint density at radius 1 is 1.22 bits per heavy atom. The van der Waals surface area contributed by atoms with Crippen molar-refractivity contribution in [1.82, 2.24) is 20.0 Å². The van der Waals surface area contributed by atoms with Crippen molar-refractivity contribution in [2.75, 3.05) is 40.3 Å². The number of nitrogens with zero attached hydrogens (tertiary/aromatic N) is 3. The van der Waals surface area contributed by atoms with Crippen LogP contribution in [0.15, 0.2) is 17.5 Å². The van der Waals surface area contributed by atoms with Crippen molar-refractivity contribution >= 4 is 29.1 Å². The van der Waals surface area contributed by atoms with Gasteiger partial charge in [0.1, 0.15) is 6.04 Å². The topological polar surface area (TPSA) is 82.2 Å². The van der Waals surface area contributed by atoms with Crippen LogP contribution in [0.2, 0.25) is 0 Å². The maximum Gasteiger partial charge on any atom is 0.308 e. The molecule has 1 aromatic rings. The van der Waals surface area contributed by atoms with E-state index >= 15 is 0 Å². The van der Waals surface area contributed by atoms with Crippen LogP contribution in [0.5, 0.6) is 0 Å². The molecule has 0 radical (unpaired) electrons. The Balaban J connectivity index is 1.30. The van der Waals surface area contributed by atoms with Crippen molar-refractivity contribution in [3.05, 3.63) is 22.4 Å². The number of likely N-dealkylation sites (tertiary alicyclic amines) is 2. The molecule has 3 saturated heterocycles. The van der Waals surface area contributed by atoms with Gasteiger partial charge >= 0.3 is 5.97 Å².